The number of nitrogens with zero attached hydrogens (tertiary/aromatic N) is 1. The third-order valence-corrected chi connectivity index (χ3v) is 6.79. The number of hydrogen-bond acceptors (Lipinski definition) is 6. The number of anilines is 1. The molecule has 1 aliphatic heterocycles. The highest BCUT2D eigenvalue weighted by Gasteiger charge is 2.28. The largest absolute Gasteiger partial charge is 0.485 e. The van der Waals surface area contributed by atoms with Crippen LogP contribution in [0.4, 0.5) is 5.69 Å². The number of rotatable bonds is 5. The Bertz CT molecular complexity index is 1260. The van der Waals surface area contributed by atoms with Crippen molar-refractivity contribution in [3.63, 3.8) is 0 Å². The standard InChI is InChI=1S/C23H21N3O6S/c1-26(17-7-3-2-4-8-17)33(29,30)18-13-11-16(12-14-18)22(27)24-25-23(28)21-15-31-19-9-5-6-10-20(19)32-21/h2-14,21H,15H2,1H3,(H,24,27)(H,25,28). The second-order valence-electron chi connectivity index (χ2n) is 7.14. The normalized spacial score (nSPS) is 14.8. The average molecular weight is 468 g/mol. The van der Waals surface area contributed by atoms with Crippen molar-refractivity contribution >= 4 is 27.5 Å². The molecular weight excluding hydrogens is 446 g/mol. The molecule has 0 saturated carbocycles. The number of benzene rings is 3. The quantitative estimate of drug-likeness (QED) is 0.556. The van der Waals surface area contributed by atoms with Crippen LogP contribution in [0.2, 0.25) is 0 Å². The fourth-order valence-electron chi connectivity index (χ4n) is 3.13. The number of nitrogens with one attached hydrogen (secondary N) is 2. The van der Waals surface area contributed by atoms with E-state index in [9.17, 15) is 18.0 Å². The Labute approximate surface area is 191 Å². The summed E-state index contributed by atoms with van der Waals surface area (Å²) in [5.41, 5.74) is 5.27. The molecule has 0 saturated heterocycles. The van der Waals surface area contributed by atoms with Crippen molar-refractivity contribution in [2.75, 3.05) is 18.0 Å². The SMILES string of the molecule is CN(c1ccccc1)S(=O)(=O)c1ccc(C(=O)NNC(=O)C2COc3ccccc3O2)cc1. The Morgan fingerprint density at radius 3 is 2.21 bits per heavy atom. The summed E-state index contributed by atoms with van der Waals surface area (Å²) >= 11 is 0. The second-order valence-corrected chi connectivity index (χ2v) is 9.11. The molecule has 0 fully saturated rings. The van der Waals surface area contributed by atoms with Crippen LogP contribution < -0.4 is 24.6 Å². The number of sulfonamides is 1. The Morgan fingerprint density at radius 2 is 1.52 bits per heavy atom. The van der Waals surface area contributed by atoms with Gasteiger partial charge >= 0.3 is 0 Å². The van der Waals surface area contributed by atoms with Crippen molar-refractivity contribution in [1.29, 1.82) is 0 Å². The highest BCUT2D eigenvalue weighted by Crippen LogP contribution is 2.30. The molecule has 0 aromatic heterocycles. The summed E-state index contributed by atoms with van der Waals surface area (Å²) in [6, 6.07) is 21.0. The van der Waals surface area contributed by atoms with Crippen LogP contribution in [0.15, 0.2) is 83.8 Å². The van der Waals surface area contributed by atoms with Crippen LogP contribution in [-0.4, -0.2) is 40.0 Å². The van der Waals surface area contributed by atoms with Gasteiger partial charge in [0.2, 0.25) is 6.10 Å². The van der Waals surface area contributed by atoms with Gasteiger partial charge in [0.15, 0.2) is 11.5 Å². The van der Waals surface area contributed by atoms with Crippen molar-refractivity contribution in [3.8, 4) is 11.5 Å². The molecule has 2 amide bonds. The Morgan fingerprint density at radius 1 is 0.879 bits per heavy atom. The summed E-state index contributed by atoms with van der Waals surface area (Å²) in [6.45, 7) is 0.000204. The van der Waals surface area contributed by atoms with Crippen molar-refractivity contribution in [3.05, 3.63) is 84.4 Å². The van der Waals surface area contributed by atoms with E-state index in [2.05, 4.69) is 10.9 Å². The van der Waals surface area contributed by atoms with Gasteiger partial charge in [-0.3, -0.25) is 24.7 Å². The third kappa shape index (κ3) is 4.75. The fourth-order valence-corrected chi connectivity index (χ4v) is 4.33. The molecule has 170 valence electrons. The minimum Gasteiger partial charge on any atom is -0.485 e. The van der Waals surface area contributed by atoms with Crippen LogP contribution in [-0.2, 0) is 14.8 Å². The first-order chi connectivity index (χ1) is 15.9. The number of carbonyl (C=O) groups excluding carboxylic acids is 2. The maximum Gasteiger partial charge on any atom is 0.283 e. The predicted molar refractivity (Wildman–Crippen MR) is 120 cm³/mol. The number of hydrogen-bond donors (Lipinski definition) is 2. The molecule has 1 atom stereocenters. The van der Waals surface area contributed by atoms with Gasteiger partial charge in [0.25, 0.3) is 21.8 Å². The molecule has 4 rings (SSSR count). The summed E-state index contributed by atoms with van der Waals surface area (Å²) in [7, 11) is -2.34. The highest BCUT2D eigenvalue weighted by atomic mass is 32.2. The van der Waals surface area contributed by atoms with Crippen LogP contribution in [0.1, 0.15) is 10.4 Å². The van der Waals surface area contributed by atoms with Crippen molar-refractivity contribution < 1.29 is 27.5 Å². The third-order valence-electron chi connectivity index (χ3n) is 4.99. The second kappa shape index (κ2) is 9.21. The first kappa shape index (κ1) is 22.2. The van der Waals surface area contributed by atoms with E-state index in [1.54, 1.807) is 54.6 Å². The van der Waals surface area contributed by atoms with E-state index in [1.807, 2.05) is 0 Å². The summed E-state index contributed by atoms with van der Waals surface area (Å²) in [4.78, 5) is 24.7. The molecule has 1 unspecified atom stereocenters. The first-order valence-electron chi connectivity index (χ1n) is 9.99. The fraction of sp³-hybridized carbons (Fsp3) is 0.130. The smallest absolute Gasteiger partial charge is 0.283 e. The number of fused-ring (bicyclic) bond motifs is 1. The molecule has 3 aromatic carbocycles. The van der Waals surface area contributed by atoms with Crippen molar-refractivity contribution in [2.24, 2.45) is 0 Å². The predicted octanol–water partition coefficient (Wildman–Crippen LogP) is 2.11. The molecular formula is C23H21N3O6S. The van der Waals surface area contributed by atoms with Gasteiger partial charge in [-0.2, -0.15) is 0 Å². The van der Waals surface area contributed by atoms with Crippen LogP contribution in [0.3, 0.4) is 0 Å². The van der Waals surface area contributed by atoms with Gasteiger partial charge < -0.3 is 9.47 Å². The molecule has 0 spiro atoms. The Balaban J connectivity index is 1.36. The van der Waals surface area contributed by atoms with E-state index in [4.69, 9.17) is 9.47 Å². The van der Waals surface area contributed by atoms with E-state index in [1.165, 1.54) is 31.3 Å². The molecule has 1 heterocycles. The van der Waals surface area contributed by atoms with Gasteiger partial charge in [-0.15, -0.1) is 0 Å². The lowest BCUT2D eigenvalue weighted by molar-refractivity contribution is -0.131. The number of para-hydroxylation sites is 3. The molecule has 10 heteroatoms. The van der Waals surface area contributed by atoms with Crippen LogP contribution in [0.5, 0.6) is 11.5 Å². The first-order valence-corrected chi connectivity index (χ1v) is 11.4. The molecule has 0 aliphatic carbocycles. The highest BCUT2D eigenvalue weighted by molar-refractivity contribution is 7.92. The average Bonchev–Trinajstić information content (AvgIpc) is 2.86. The summed E-state index contributed by atoms with van der Waals surface area (Å²) in [6.07, 6.45) is -0.929. The van der Waals surface area contributed by atoms with Crippen molar-refractivity contribution in [1.82, 2.24) is 10.9 Å². The van der Waals surface area contributed by atoms with Gasteiger partial charge in [0.05, 0.1) is 10.6 Å². The minimum atomic E-state index is -3.80. The number of hydrazine groups is 1. The van der Waals surface area contributed by atoms with E-state index in [-0.39, 0.29) is 17.1 Å². The molecule has 0 bridgehead atoms. The Kier molecular flexibility index (Phi) is 6.18. The van der Waals surface area contributed by atoms with Crippen LogP contribution in [0.25, 0.3) is 0 Å². The molecule has 1 aliphatic rings. The zero-order valence-corrected chi connectivity index (χ0v) is 18.4. The van der Waals surface area contributed by atoms with E-state index in [0.29, 0.717) is 17.2 Å². The molecule has 2 N–H and O–H groups in total. The zero-order chi connectivity index (χ0) is 23.4. The monoisotopic (exact) mass is 467 g/mol. The van der Waals surface area contributed by atoms with Gasteiger partial charge in [0.1, 0.15) is 6.61 Å². The lowest BCUT2D eigenvalue weighted by Crippen LogP contribution is -2.50. The van der Waals surface area contributed by atoms with Crippen LogP contribution >= 0.6 is 0 Å². The number of carbonyl (C=O) groups is 2. The van der Waals surface area contributed by atoms with E-state index >= 15 is 0 Å². The van der Waals surface area contributed by atoms with E-state index in [0.717, 1.165) is 4.31 Å². The number of amides is 2. The lowest BCUT2D eigenvalue weighted by Gasteiger charge is -2.25. The van der Waals surface area contributed by atoms with Crippen LogP contribution in [0, 0.1) is 0 Å². The zero-order valence-electron chi connectivity index (χ0n) is 17.6. The maximum absolute atomic E-state index is 12.8. The molecule has 3 aromatic rings. The topological polar surface area (TPSA) is 114 Å². The lowest BCUT2D eigenvalue weighted by atomic mass is 10.2. The summed E-state index contributed by atoms with van der Waals surface area (Å²) < 4.78 is 37.9. The number of ether oxygens (including phenoxy) is 2. The van der Waals surface area contributed by atoms with Gasteiger partial charge in [0, 0.05) is 12.6 Å². The van der Waals surface area contributed by atoms with Gasteiger partial charge in [-0.25, -0.2) is 8.42 Å². The van der Waals surface area contributed by atoms with Crippen molar-refractivity contribution in [2.45, 2.75) is 11.0 Å². The summed E-state index contributed by atoms with van der Waals surface area (Å²) in [5.74, 6) is -0.214. The maximum atomic E-state index is 12.8. The van der Waals surface area contributed by atoms with Gasteiger partial charge in [-0.1, -0.05) is 30.3 Å². The van der Waals surface area contributed by atoms with E-state index < -0.39 is 27.9 Å². The molecule has 9 nitrogen and oxygen atoms in total. The minimum absolute atomic E-state index is 0.000204. The van der Waals surface area contributed by atoms with Gasteiger partial charge in [-0.05, 0) is 48.5 Å². The molecule has 0 radical (unpaired) electrons. The summed E-state index contributed by atoms with van der Waals surface area (Å²) in [5, 5.41) is 0. The molecule has 33 heavy (non-hydrogen) atoms. The Hall–Kier alpha value is -4.05.